The SMILES string of the molecule is CN1CCN(Cc2ccc(CNCCCc3ccco3)cc2)CC1. The normalized spacial score (nSPS) is 16.5. The van der Waals surface area contributed by atoms with Crippen molar-refractivity contribution < 1.29 is 4.42 Å². The van der Waals surface area contributed by atoms with Crippen LogP contribution in [0.2, 0.25) is 0 Å². The van der Waals surface area contributed by atoms with Gasteiger partial charge in [-0.25, -0.2) is 0 Å². The van der Waals surface area contributed by atoms with Crippen molar-refractivity contribution in [2.45, 2.75) is 25.9 Å². The Kier molecular flexibility index (Phi) is 6.47. The van der Waals surface area contributed by atoms with Crippen LogP contribution in [-0.2, 0) is 19.5 Å². The summed E-state index contributed by atoms with van der Waals surface area (Å²) in [6.45, 7) is 7.74. The van der Waals surface area contributed by atoms with Gasteiger partial charge in [0.25, 0.3) is 0 Å². The van der Waals surface area contributed by atoms with E-state index in [2.05, 4.69) is 46.4 Å². The van der Waals surface area contributed by atoms with Crippen LogP contribution in [-0.4, -0.2) is 49.6 Å². The Hall–Kier alpha value is -1.62. The number of rotatable bonds is 8. The van der Waals surface area contributed by atoms with Crippen LogP contribution < -0.4 is 5.32 Å². The van der Waals surface area contributed by atoms with Crippen molar-refractivity contribution in [2.75, 3.05) is 39.8 Å². The van der Waals surface area contributed by atoms with E-state index in [1.165, 1.54) is 37.3 Å². The molecule has 1 aliphatic rings. The largest absolute Gasteiger partial charge is 0.469 e. The highest BCUT2D eigenvalue weighted by molar-refractivity contribution is 5.22. The van der Waals surface area contributed by atoms with Gasteiger partial charge >= 0.3 is 0 Å². The fourth-order valence-electron chi connectivity index (χ4n) is 3.10. The molecule has 0 atom stereocenters. The van der Waals surface area contributed by atoms with Gasteiger partial charge in [0, 0.05) is 45.7 Å². The quantitative estimate of drug-likeness (QED) is 0.756. The van der Waals surface area contributed by atoms with Crippen molar-refractivity contribution in [3.05, 3.63) is 59.5 Å². The molecule has 1 aromatic heterocycles. The van der Waals surface area contributed by atoms with Gasteiger partial charge in [-0.05, 0) is 43.3 Å². The third-order valence-electron chi connectivity index (χ3n) is 4.71. The molecule has 4 nitrogen and oxygen atoms in total. The van der Waals surface area contributed by atoms with Gasteiger partial charge in [0.15, 0.2) is 0 Å². The van der Waals surface area contributed by atoms with E-state index >= 15 is 0 Å². The predicted octanol–water partition coefficient (Wildman–Crippen LogP) is 2.75. The number of hydrogen-bond donors (Lipinski definition) is 1. The van der Waals surface area contributed by atoms with Crippen LogP contribution in [0, 0.1) is 0 Å². The number of nitrogens with one attached hydrogen (secondary N) is 1. The molecule has 4 heteroatoms. The molecule has 0 unspecified atom stereocenters. The van der Waals surface area contributed by atoms with E-state index in [0.717, 1.165) is 38.2 Å². The number of likely N-dealkylation sites (N-methyl/N-ethyl adjacent to an activating group) is 1. The van der Waals surface area contributed by atoms with Gasteiger partial charge < -0.3 is 14.6 Å². The molecule has 1 saturated heterocycles. The average Bonchev–Trinajstić information content (AvgIpc) is 3.12. The topological polar surface area (TPSA) is 31.6 Å². The summed E-state index contributed by atoms with van der Waals surface area (Å²) in [4.78, 5) is 4.94. The first-order chi connectivity index (χ1) is 11.8. The summed E-state index contributed by atoms with van der Waals surface area (Å²) >= 11 is 0. The molecule has 2 aromatic rings. The Morgan fingerprint density at radius 2 is 1.75 bits per heavy atom. The van der Waals surface area contributed by atoms with Crippen LogP contribution in [0.25, 0.3) is 0 Å². The van der Waals surface area contributed by atoms with Gasteiger partial charge in [0.2, 0.25) is 0 Å². The fourth-order valence-corrected chi connectivity index (χ4v) is 3.10. The molecule has 1 aliphatic heterocycles. The lowest BCUT2D eigenvalue weighted by Gasteiger charge is -2.32. The molecule has 0 saturated carbocycles. The molecule has 0 spiro atoms. The minimum atomic E-state index is 0.937. The van der Waals surface area contributed by atoms with E-state index < -0.39 is 0 Å². The molecule has 0 amide bonds. The number of piperazine rings is 1. The van der Waals surface area contributed by atoms with Crippen molar-refractivity contribution in [1.82, 2.24) is 15.1 Å². The van der Waals surface area contributed by atoms with E-state index in [-0.39, 0.29) is 0 Å². The van der Waals surface area contributed by atoms with E-state index in [9.17, 15) is 0 Å². The lowest BCUT2D eigenvalue weighted by molar-refractivity contribution is 0.148. The van der Waals surface area contributed by atoms with Crippen molar-refractivity contribution in [3.63, 3.8) is 0 Å². The highest BCUT2D eigenvalue weighted by Crippen LogP contribution is 2.10. The Labute approximate surface area is 145 Å². The Morgan fingerprint density at radius 3 is 2.46 bits per heavy atom. The molecule has 3 rings (SSSR count). The third-order valence-corrected chi connectivity index (χ3v) is 4.71. The van der Waals surface area contributed by atoms with Crippen LogP contribution in [0.5, 0.6) is 0 Å². The average molecular weight is 327 g/mol. The smallest absolute Gasteiger partial charge is 0.103 e. The summed E-state index contributed by atoms with van der Waals surface area (Å²) in [7, 11) is 2.20. The van der Waals surface area contributed by atoms with Crippen molar-refractivity contribution in [3.8, 4) is 0 Å². The molecule has 130 valence electrons. The zero-order chi connectivity index (χ0) is 16.6. The first kappa shape index (κ1) is 17.2. The van der Waals surface area contributed by atoms with Crippen molar-refractivity contribution in [1.29, 1.82) is 0 Å². The first-order valence-electron chi connectivity index (χ1n) is 9.01. The second-order valence-electron chi connectivity index (χ2n) is 6.76. The van der Waals surface area contributed by atoms with Gasteiger partial charge in [0.1, 0.15) is 5.76 Å². The zero-order valence-corrected chi connectivity index (χ0v) is 14.7. The third kappa shape index (κ3) is 5.48. The summed E-state index contributed by atoms with van der Waals surface area (Å²) in [6, 6.07) is 13.1. The van der Waals surface area contributed by atoms with Crippen molar-refractivity contribution in [2.24, 2.45) is 0 Å². The minimum absolute atomic E-state index is 0.937. The predicted molar refractivity (Wildman–Crippen MR) is 98.0 cm³/mol. The molecule has 1 N–H and O–H groups in total. The zero-order valence-electron chi connectivity index (χ0n) is 14.7. The van der Waals surface area contributed by atoms with Crippen molar-refractivity contribution >= 4 is 0 Å². The maximum atomic E-state index is 5.35. The number of benzene rings is 1. The lowest BCUT2D eigenvalue weighted by Crippen LogP contribution is -2.43. The van der Waals surface area contributed by atoms with Gasteiger partial charge in [0.05, 0.1) is 6.26 Å². The summed E-state index contributed by atoms with van der Waals surface area (Å²) in [5.74, 6) is 1.07. The second-order valence-corrected chi connectivity index (χ2v) is 6.76. The number of furan rings is 1. The molecule has 24 heavy (non-hydrogen) atoms. The maximum Gasteiger partial charge on any atom is 0.103 e. The fraction of sp³-hybridized carbons (Fsp3) is 0.500. The molecule has 2 heterocycles. The van der Waals surface area contributed by atoms with E-state index in [1.807, 2.05) is 12.1 Å². The van der Waals surface area contributed by atoms with Gasteiger partial charge in [-0.1, -0.05) is 24.3 Å². The van der Waals surface area contributed by atoms with Crippen LogP contribution in [0.15, 0.2) is 47.1 Å². The summed E-state index contributed by atoms with van der Waals surface area (Å²) in [6.07, 6.45) is 3.85. The summed E-state index contributed by atoms with van der Waals surface area (Å²) < 4.78 is 5.35. The molecule has 0 aliphatic carbocycles. The van der Waals surface area contributed by atoms with Crippen LogP contribution in [0.1, 0.15) is 23.3 Å². The number of nitrogens with zero attached hydrogens (tertiary/aromatic N) is 2. The Morgan fingerprint density at radius 1 is 1.00 bits per heavy atom. The molecule has 0 radical (unpaired) electrons. The van der Waals surface area contributed by atoms with Gasteiger partial charge in [-0.2, -0.15) is 0 Å². The van der Waals surface area contributed by atoms with E-state index in [4.69, 9.17) is 4.42 Å². The lowest BCUT2D eigenvalue weighted by atomic mass is 10.1. The molecular formula is C20H29N3O. The van der Waals surface area contributed by atoms with E-state index in [1.54, 1.807) is 6.26 Å². The number of aryl methyl sites for hydroxylation is 1. The summed E-state index contributed by atoms with van der Waals surface area (Å²) in [5, 5.41) is 3.51. The molecule has 1 fully saturated rings. The first-order valence-corrected chi connectivity index (χ1v) is 9.01. The monoisotopic (exact) mass is 327 g/mol. The van der Waals surface area contributed by atoms with Crippen LogP contribution in [0.3, 0.4) is 0 Å². The van der Waals surface area contributed by atoms with Crippen LogP contribution >= 0.6 is 0 Å². The van der Waals surface area contributed by atoms with Crippen LogP contribution in [0.4, 0.5) is 0 Å². The van der Waals surface area contributed by atoms with E-state index in [0.29, 0.717) is 0 Å². The standard InChI is InChI=1S/C20H29N3O/c1-22-11-13-23(14-12-22)17-19-8-6-18(7-9-19)16-21-10-2-4-20-5-3-15-24-20/h3,5-9,15,21H,2,4,10-14,16-17H2,1H3. The maximum absolute atomic E-state index is 5.35. The Balaban J connectivity index is 1.33. The highest BCUT2D eigenvalue weighted by atomic mass is 16.3. The van der Waals surface area contributed by atoms with Gasteiger partial charge in [-0.3, -0.25) is 4.90 Å². The minimum Gasteiger partial charge on any atom is -0.469 e. The number of hydrogen-bond acceptors (Lipinski definition) is 4. The second kappa shape index (κ2) is 9.02. The van der Waals surface area contributed by atoms with Gasteiger partial charge in [-0.15, -0.1) is 0 Å². The summed E-state index contributed by atoms with van der Waals surface area (Å²) in [5.41, 5.74) is 2.77. The molecular weight excluding hydrogens is 298 g/mol. The Bertz CT molecular complexity index is 571. The molecule has 0 bridgehead atoms. The highest BCUT2D eigenvalue weighted by Gasteiger charge is 2.13. The molecule has 1 aromatic carbocycles.